The number of aromatic nitrogens is 2. The number of aryl methyl sites for hydroxylation is 1. The zero-order valence-corrected chi connectivity index (χ0v) is 8.98. The molecule has 0 atom stereocenters. The average Bonchev–Trinajstić information content (AvgIpc) is 2.09. The second-order valence-corrected chi connectivity index (χ2v) is 3.58. The van der Waals surface area contributed by atoms with Crippen molar-refractivity contribution in [2.45, 2.75) is 6.54 Å². The predicted octanol–water partition coefficient (Wildman–Crippen LogP) is -0.325. The molecule has 13 heavy (non-hydrogen) atoms. The molecule has 0 saturated heterocycles. The summed E-state index contributed by atoms with van der Waals surface area (Å²) in [7, 11) is 1.54. The standard InChI is InChI=1S/C7H6IN3O2/c1-10-4-5(8)6(12)11(3-2-9)7(10)13/h4H,3H2,1H3. The lowest BCUT2D eigenvalue weighted by atomic mass is 10.6. The summed E-state index contributed by atoms with van der Waals surface area (Å²) >= 11 is 1.83. The van der Waals surface area contributed by atoms with Crippen LogP contribution in [0.2, 0.25) is 0 Å². The highest BCUT2D eigenvalue weighted by Gasteiger charge is 2.05. The molecule has 0 aliphatic rings. The first-order chi connectivity index (χ1) is 6.07. The number of halogens is 1. The normalized spacial score (nSPS) is 9.62. The fourth-order valence-electron chi connectivity index (χ4n) is 0.897. The van der Waals surface area contributed by atoms with Crippen LogP contribution in [0.3, 0.4) is 0 Å². The molecule has 0 spiro atoms. The van der Waals surface area contributed by atoms with Gasteiger partial charge in [0.1, 0.15) is 6.54 Å². The van der Waals surface area contributed by atoms with E-state index in [4.69, 9.17) is 5.26 Å². The number of nitrogens with zero attached hydrogens (tertiary/aromatic N) is 3. The van der Waals surface area contributed by atoms with Crippen molar-refractivity contribution < 1.29 is 0 Å². The molecule has 0 bridgehead atoms. The molecule has 0 amide bonds. The molecule has 0 saturated carbocycles. The molecule has 0 fully saturated rings. The number of hydrogen-bond acceptors (Lipinski definition) is 3. The SMILES string of the molecule is Cn1cc(I)c(=O)n(CC#N)c1=O. The highest BCUT2D eigenvalue weighted by molar-refractivity contribution is 14.1. The largest absolute Gasteiger partial charge is 0.331 e. The van der Waals surface area contributed by atoms with Gasteiger partial charge in [-0.2, -0.15) is 5.26 Å². The monoisotopic (exact) mass is 291 g/mol. The van der Waals surface area contributed by atoms with Gasteiger partial charge < -0.3 is 4.57 Å². The first-order valence-electron chi connectivity index (χ1n) is 3.41. The Morgan fingerprint density at radius 2 is 2.23 bits per heavy atom. The van der Waals surface area contributed by atoms with Crippen LogP contribution in [0.5, 0.6) is 0 Å². The van der Waals surface area contributed by atoms with E-state index < -0.39 is 11.2 Å². The van der Waals surface area contributed by atoms with Crippen LogP contribution >= 0.6 is 22.6 Å². The van der Waals surface area contributed by atoms with Gasteiger partial charge in [0.2, 0.25) is 0 Å². The third kappa shape index (κ3) is 1.80. The van der Waals surface area contributed by atoms with Gasteiger partial charge >= 0.3 is 5.69 Å². The van der Waals surface area contributed by atoms with E-state index in [1.165, 1.54) is 17.8 Å². The summed E-state index contributed by atoms with van der Waals surface area (Å²) in [6.07, 6.45) is 1.44. The van der Waals surface area contributed by atoms with Crippen molar-refractivity contribution in [3.63, 3.8) is 0 Å². The Morgan fingerprint density at radius 1 is 1.62 bits per heavy atom. The van der Waals surface area contributed by atoms with Crippen molar-refractivity contribution in [2.75, 3.05) is 0 Å². The third-order valence-electron chi connectivity index (χ3n) is 1.52. The molecule has 1 rings (SSSR count). The molecule has 68 valence electrons. The zero-order valence-electron chi connectivity index (χ0n) is 6.82. The van der Waals surface area contributed by atoms with Gasteiger partial charge in [-0.15, -0.1) is 0 Å². The summed E-state index contributed by atoms with van der Waals surface area (Å²) in [6, 6.07) is 1.77. The van der Waals surface area contributed by atoms with Gasteiger partial charge in [0, 0.05) is 13.2 Å². The van der Waals surface area contributed by atoms with Crippen LogP contribution in [0.25, 0.3) is 0 Å². The van der Waals surface area contributed by atoms with Crippen LogP contribution in [-0.4, -0.2) is 9.13 Å². The Bertz CT molecular complexity index is 446. The van der Waals surface area contributed by atoms with Crippen molar-refractivity contribution in [2.24, 2.45) is 7.05 Å². The quantitative estimate of drug-likeness (QED) is 0.666. The molecule has 5 nitrogen and oxygen atoms in total. The first-order valence-corrected chi connectivity index (χ1v) is 4.48. The maximum Gasteiger partial charge on any atom is 0.331 e. The summed E-state index contributed by atoms with van der Waals surface area (Å²) in [5.74, 6) is 0. The molecule has 1 heterocycles. The lowest BCUT2D eigenvalue weighted by Crippen LogP contribution is -2.39. The lowest BCUT2D eigenvalue weighted by Gasteiger charge is -2.02. The van der Waals surface area contributed by atoms with E-state index in [2.05, 4.69) is 0 Å². The Labute approximate surface area is 87.4 Å². The summed E-state index contributed by atoms with van der Waals surface area (Å²) < 4.78 is 2.61. The van der Waals surface area contributed by atoms with Crippen molar-refractivity contribution in [3.05, 3.63) is 30.6 Å². The molecule has 0 radical (unpaired) electrons. The predicted molar refractivity (Wildman–Crippen MR) is 54.3 cm³/mol. The van der Waals surface area contributed by atoms with E-state index in [0.29, 0.717) is 3.57 Å². The molecule has 0 unspecified atom stereocenters. The zero-order chi connectivity index (χ0) is 10.0. The lowest BCUT2D eigenvalue weighted by molar-refractivity contribution is 0.647. The summed E-state index contributed by atoms with van der Waals surface area (Å²) in [5.41, 5.74) is -0.878. The molecule has 1 aromatic heterocycles. The third-order valence-corrected chi connectivity index (χ3v) is 2.26. The van der Waals surface area contributed by atoms with Gasteiger partial charge in [0.05, 0.1) is 9.64 Å². The maximum atomic E-state index is 11.3. The van der Waals surface area contributed by atoms with E-state index >= 15 is 0 Å². The molecule has 0 aliphatic carbocycles. The Morgan fingerprint density at radius 3 is 2.77 bits per heavy atom. The number of nitriles is 1. The average molecular weight is 291 g/mol. The van der Waals surface area contributed by atoms with E-state index in [-0.39, 0.29) is 6.54 Å². The van der Waals surface area contributed by atoms with E-state index in [1.807, 2.05) is 22.6 Å². The van der Waals surface area contributed by atoms with Gasteiger partial charge in [-0.05, 0) is 22.6 Å². The molecule has 0 N–H and O–H groups in total. The van der Waals surface area contributed by atoms with Crippen LogP contribution in [0.1, 0.15) is 0 Å². The Hall–Kier alpha value is -1.10. The van der Waals surface area contributed by atoms with Crippen molar-refractivity contribution in [1.29, 1.82) is 5.26 Å². The summed E-state index contributed by atoms with van der Waals surface area (Å²) in [6.45, 7) is -0.206. The number of rotatable bonds is 1. The van der Waals surface area contributed by atoms with Gasteiger partial charge in [0.25, 0.3) is 5.56 Å². The highest BCUT2D eigenvalue weighted by atomic mass is 127. The minimum Gasteiger partial charge on any atom is -0.302 e. The second kappa shape index (κ2) is 3.74. The molecule has 1 aromatic rings. The molecular formula is C7H6IN3O2. The molecular weight excluding hydrogens is 285 g/mol. The second-order valence-electron chi connectivity index (χ2n) is 2.42. The van der Waals surface area contributed by atoms with E-state index in [9.17, 15) is 9.59 Å². The van der Waals surface area contributed by atoms with Gasteiger partial charge in [-0.25, -0.2) is 9.36 Å². The van der Waals surface area contributed by atoms with Crippen LogP contribution in [0.15, 0.2) is 15.8 Å². The minimum atomic E-state index is -0.466. The van der Waals surface area contributed by atoms with Gasteiger partial charge in [0.15, 0.2) is 0 Å². The fourth-order valence-corrected chi connectivity index (χ4v) is 1.61. The van der Waals surface area contributed by atoms with Gasteiger partial charge in [-0.3, -0.25) is 4.79 Å². The van der Waals surface area contributed by atoms with Crippen molar-refractivity contribution >= 4 is 22.6 Å². The van der Waals surface area contributed by atoms with Crippen LogP contribution < -0.4 is 11.2 Å². The summed E-state index contributed by atoms with van der Waals surface area (Å²) in [4.78, 5) is 22.6. The van der Waals surface area contributed by atoms with Crippen LogP contribution in [0, 0.1) is 14.9 Å². The Kier molecular flexibility index (Phi) is 2.87. The maximum absolute atomic E-state index is 11.3. The topological polar surface area (TPSA) is 67.8 Å². The van der Waals surface area contributed by atoms with Crippen molar-refractivity contribution in [3.8, 4) is 6.07 Å². The number of hydrogen-bond donors (Lipinski definition) is 0. The Balaban J connectivity index is 3.59. The van der Waals surface area contributed by atoms with Crippen LogP contribution in [0.4, 0.5) is 0 Å². The van der Waals surface area contributed by atoms with Gasteiger partial charge in [-0.1, -0.05) is 0 Å². The minimum absolute atomic E-state index is 0.206. The first kappa shape index (κ1) is 9.98. The molecule has 0 aliphatic heterocycles. The smallest absolute Gasteiger partial charge is 0.302 e. The summed E-state index contributed by atoms with van der Waals surface area (Å²) in [5, 5.41) is 8.39. The molecule has 6 heteroatoms. The molecule has 0 aromatic carbocycles. The fraction of sp³-hybridized carbons (Fsp3) is 0.286. The van der Waals surface area contributed by atoms with Crippen LogP contribution in [-0.2, 0) is 13.6 Å². The van der Waals surface area contributed by atoms with Crippen molar-refractivity contribution in [1.82, 2.24) is 9.13 Å². The highest BCUT2D eigenvalue weighted by Crippen LogP contribution is 1.92. The van der Waals surface area contributed by atoms with E-state index in [1.54, 1.807) is 6.07 Å². The van der Waals surface area contributed by atoms with E-state index in [0.717, 1.165) is 4.57 Å².